The zero-order valence-electron chi connectivity index (χ0n) is 17.7. The summed E-state index contributed by atoms with van der Waals surface area (Å²) < 4.78 is 33.4. The number of rotatable bonds is 6. The van der Waals surface area contributed by atoms with Crippen molar-refractivity contribution in [2.75, 3.05) is 25.0 Å². The molecule has 2 aliphatic rings. The van der Waals surface area contributed by atoms with E-state index in [4.69, 9.17) is 9.84 Å². The van der Waals surface area contributed by atoms with Crippen LogP contribution in [0.15, 0.2) is 42.5 Å². The van der Waals surface area contributed by atoms with Gasteiger partial charge in [0.05, 0.1) is 18.0 Å². The highest BCUT2D eigenvalue weighted by Crippen LogP contribution is 2.35. The van der Waals surface area contributed by atoms with E-state index in [2.05, 4.69) is 11.4 Å². The van der Waals surface area contributed by atoms with E-state index >= 15 is 0 Å². The van der Waals surface area contributed by atoms with Gasteiger partial charge in [0.2, 0.25) is 11.8 Å². The first kappa shape index (κ1) is 22.7. The Balaban J connectivity index is 1.46. The van der Waals surface area contributed by atoms with Gasteiger partial charge < -0.3 is 20.1 Å². The van der Waals surface area contributed by atoms with Gasteiger partial charge in [-0.25, -0.2) is 8.78 Å². The van der Waals surface area contributed by atoms with E-state index in [9.17, 15) is 23.6 Å². The molecule has 0 aromatic heterocycles. The number of alkyl halides is 2. The Morgan fingerprint density at radius 2 is 1.94 bits per heavy atom. The summed E-state index contributed by atoms with van der Waals surface area (Å²) in [5.41, 5.74) is 2.19. The fourth-order valence-electron chi connectivity index (χ4n) is 3.85. The third-order valence-electron chi connectivity index (χ3n) is 5.86. The number of aliphatic hydroxyl groups excluding tert-OH is 1. The molecular formula is C24H23F2N3O4. The molecule has 0 spiro atoms. The van der Waals surface area contributed by atoms with Crippen molar-refractivity contribution in [1.82, 2.24) is 4.90 Å². The topological polar surface area (TPSA) is 103 Å². The molecule has 172 valence electrons. The van der Waals surface area contributed by atoms with Crippen molar-refractivity contribution >= 4 is 17.5 Å². The molecule has 2 amide bonds. The number of carbonyl (C=O) groups excluding carboxylic acids is 2. The van der Waals surface area contributed by atoms with Crippen molar-refractivity contribution in [1.29, 1.82) is 5.26 Å². The molecule has 33 heavy (non-hydrogen) atoms. The molecule has 2 fully saturated rings. The highest BCUT2D eigenvalue weighted by atomic mass is 19.1. The Morgan fingerprint density at radius 1 is 1.18 bits per heavy atom. The lowest BCUT2D eigenvalue weighted by molar-refractivity contribution is -0.138. The second kappa shape index (κ2) is 9.55. The van der Waals surface area contributed by atoms with Crippen LogP contribution in [0.25, 0.3) is 11.1 Å². The Morgan fingerprint density at radius 3 is 2.61 bits per heavy atom. The number of ether oxygens (including phenoxy) is 1. The normalized spacial score (nSPS) is 24.0. The van der Waals surface area contributed by atoms with Gasteiger partial charge in [0.15, 0.2) is 6.17 Å². The molecule has 7 nitrogen and oxygen atoms in total. The first-order valence-corrected chi connectivity index (χ1v) is 10.7. The number of nitrogens with one attached hydrogen (secondary N) is 1. The van der Waals surface area contributed by atoms with Crippen LogP contribution >= 0.6 is 0 Å². The fourth-order valence-corrected chi connectivity index (χ4v) is 3.85. The number of carbonyl (C=O) groups is 2. The molecule has 0 bridgehead atoms. The van der Waals surface area contributed by atoms with E-state index in [-0.39, 0.29) is 43.2 Å². The maximum Gasteiger partial charge on any atom is 0.248 e. The Kier molecular flexibility index (Phi) is 6.56. The minimum absolute atomic E-state index is 0.174. The van der Waals surface area contributed by atoms with E-state index < -0.39 is 36.9 Å². The van der Waals surface area contributed by atoms with E-state index in [0.717, 1.165) is 5.56 Å². The quantitative estimate of drug-likeness (QED) is 0.697. The molecule has 1 saturated heterocycles. The van der Waals surface area contributed by atoms with Crippen LogP contribution in [0.3, 0.4) is 0 Å². The number of hydrogen-bond donors (Lipinski definition) is 2. The Labute approximate surface area is 189 Å². The minimum Gasteiger partial charge on any atom is -0.486 e. The van der Waals surface area contributed by atoms with Gasteiger partial charge in [-0.1, -0.05) is 18.2 Å². The van der Waals surface area contributed by atoms with Crippen LogP contribution in [0.2, 0.25) is 0 Å². The number of piperidine rings is 1. The number of amides is 2. The highest BCUT2D eigenvalue weighted by Gasteiger charge is 2.43. The van der Waals surface area contributed by atoms with Crippen molar-refractivity contribution in [3.8, 4) is 22.9 Å². The summed E-state index contributed by atoms with van der Waals surface area (Å²) in [6.07, 6.45) is -2.86. The predicted octanol–water partition coefficient (Wildman–Crippen LogP) is 2.83. The monoisotopic (exact) mass is 455 g/mol. The molecule has 0 unspecified atom stereocenters. The standard InChI is InChI=1S/C24H23F2N3O4/c25-19-10-18(19)24(32)28-17-3-1-2-14(9-17)15-4-5-21(16(8-15)11-27)33-22-6-7-29(12-20(22)26)23(31)13-30/h1-5,8-9,18-20,22,30H,6-7,10,12-13H2,(H,28,32)/t18-,19-,20-,22+/m1/s1. The van der Waals surface area contributed by atoms with Crippen LogP contribution in [0.5, 0.6) is 5.75 Å². The third-order valence-corrected chi connectivity index (χ3v) is 5.86. The van der Waals surface area contributed by atoms with Crippen LogP contribution in [0.4, 0.5) is 14.5 Å². The maximum absolute atomic E-state index is 14.6. The molecular weight excluding hydrogens is 432 g/mol. The number of benzene rings is 2. The summed E-state index contributed by atoms with van der Waals surface area (Å²) in [7, 11) is 0. The molecule has 4 rings (SSSR count). The van der Waals surface area contributed by atoms with Crippen LogP contribution in [0, 0.1) is 17.2 Å². The largest absolute Gasteiger partial charge is 0.486 e. The molecule has 9 heteroatoms. The molecule has 0 radical (unpaired) electrons. The van der Waals surface area contributed by atoms with Gasteiger partial charge in [-0.05, 0) is 41.8 Å². The van der Waals surface area contributed by atoms with Crippen LogP contribution in [-0.4, -0.2) is 60.0 Å². The molecule has 1 aliphatic heterocycles. The predicted molar refractivity (Wildman–Crippen MR) is 116 cm³/mol. The van der Waals surface area contributed by atoms with Crippen molar-refractivity contribution in [2.45, 2.75) is 31.3 Å². The van der Waals surface area contributed by atoms with E-state index in [1.165, 1.54) is 4.90 Å². The zero-order chi connectivity index (χ0) is 23.5. The van der Waals surface area contributed by atoms with Crippen LogP contribution in [-0.2, 0) is 9.59 Å². The summed E-state index contributed by atoms with van der Waals surface area (Å²) in [4.78, 5) is 24.8. The number of likely N-dealkylation sites (tertiary alicyclic amines) is 1. The fraction of sp³-hybridized carbons (Fsp3) is 0.375. The number of nitriles is 1. The second-order valence-electron chi connectivity index (χ2n) is 8.21. The van der Waals surface area contributed by atoms with E-state index in [1.54, 1.807) is 36.4 Å². The van der Waals surface area contributed by atoms with E-state index in [1.807, 2.05) is 6.07 Å². The maximum atomic E-state index is 14.6. The molecule has 1 saturated carbocycles. The molecule has 1 heterocycles. The number of halogens is 2. The SMILES string of the molecule is N#Cc1cc(-c2cccc(NC(=O)[C@@H]3C[C@H]3F)c2)ccc1O[C@H]1CCN(C(=O)CO)C[C@H]1F. The minimum atomic E-state index is -1.45. The number of hydrogen-bond acceptors (Lipinski definition) is 5. The smallest absolute Gasteiger partial charge is 0.248 e. The lowest BCUT2D eigenvalue weighted by Gasteiger charge is -2.34. The molecule has 1 aliphatic carbocycles. The Hall–Kier alpha value is -3.51. The van der Waals surface area contributed by atoms with Gasteiger partial charge in [-0.2, -0.15) is 5.26 Å². The van der Waals surface area contributed by atoms with Gasteiger partial charge in [0, 0.05) is 18.7 Å². The number of nitrogens with zero attached hydrogens (tertiary/aromatic N) is 2. The zero-order valence-corrected chi connectivity index (χ0v) is 17.7. The van der Waals surface area contributed by atoms with Crippen LogP contribution in [0.1, 0.15) is 18.4 Å². The first-order valence-electron chi connectivity index (χ1n) is 10.7. The summed E-state index contributed by atoms with van der Waals surface area (Å²) in [6, 6.07) is 14.0. The first-order chi connectivity index (χ1) is 15.9. The average Bonchev–Trinajstić information content (AvgIpc) is 3.57. The van der Waals surface area contributed by atoms with Crippen molar-refractivity contribution < 1.29 is 28.2 Å². The lowest BCUT2D eigenvalue weighted by atomic mass is 10.0. The summed E-state index contributed by atoms with van der Waals surface area (Å²) in [5.74, 6) is -1.24. The summed E-state index contributed by atoms with van der Waals surface area (Å²) in [5, 5.41) is 21.3. The lowest BCUT2D eigenvalue weighted by Crippen LogP contribution is -2.50. The van der Waals surface area contributed by atoms with Gasteiger partial charge in [0.1, 0.15) is 30.7 Å². The van der Waals surface area contributed by atoms with Gasteiger partial charge in [-0.3, -0.25) is 9.59 Å². The molecule has 2 aromatic carbocycles. The van der Waals surface area contributed by atoms with Crippen LogP contribution < -0.4 is 10.1 Å². The van der Waals surface area contributed by atoms with Crippen molar-refractivity contribution in [2.24, 2.45) is 5.92 Å². The van der Waals surface area contributed by atoms with Gasteiger partial charge >= 0.3 is 0 Å². The summed E-state index contributed by atoms with van der Waals surface area (Å²) in [6.45, 7) is -0.584. The number of aliphatic hydroxyl groups is 1. The third kappa shape index (κ3) is 5.12. The van der Waals surface area contributed by atoms with Gasteiger partial charge in [0.25, 0.3) is 0 Å². The highest BCUT2D eigenvalue weighted by molar-refractivity contribution is 5.95. The van der Waals surface area contributed by atoms with Crippen molar-refractivity contribution in [3.05, 3.63) is 48.0 Å². The van der Waals surface area contributed by atoms with Gasteiger partial charge in [-0.15, -0.1) is 0 Å². The summed E-state index contributed by atoms with van der Waals surface area (Å²) >= 11 is 0. The molecule has 2 aromatic rings. The number of anilines is 1. The van der Waals surface area contributed by atoms with E-state index in [0.29, 0.717) is 11.3 Å². The second-order valence-corrected chi connectivity index (χ2v) is 8.21. The van der Waals surface area contributed by atoms with Crippen molar-refractivity contribution in [3.63, 3.8) is 0 Å². The Bertz CT molecular complexity index is 1100. The molecule has 2 N–H and O–H groups in total. The average molecular weight is 455 g/mol. The molecule has 4 atom stereocenters.